The van der Waals surface area contributed by atoms with Crippen LogP contribution >= 0.6 is 15.9 Å². The Hall–Kier alpha value is -1.03. The average molecular weight is 286 g/mol. The molecule has 1 rings (SSSR count). The zero-order valence-electron chi connectivity index (χ0n) is 9.71. The van der Waals surface area contributed by atoms with Crippen molar-refractivity contribution in [1.29, 1.82) is 0 Å². The Morgan fingerprint density at radius 3 is 2.56 bits per heavy atom. The molecule has 1 aromatic carbocycles. The lowest BCUT2D eigenvalue weighted by atomic mass is 9.99. The predicted molar refractivity (Wildman–Crippen MR) is 68.6 cm³/mol. The fourth-order valence-corrected chi connectivity index (χ4v) is 1.37. The summed E-state index contributed by atoms with van der Waals surface area (Å²) in [4.78, 5) is 11.5. The number of carbonyl (C=O) groups excluding carboxylic acids is 1. The summed E-state index contributed by atoms with van der Waals surface area (Å²) >= 11 is 3.35. The second-order valence-corrected chi connectivity index (χ2v) is 5.60. The number of rotatable bonds is 2. The van der Waals surface area contributed by atoms with Gasteiger partial charge in [-0.1, -0.05) is 32.9 Å². The molecule has 0 aliphatic heterocycles. The van der Waals surface area contributed by atoms with Crippen LogP contribution in [0.25, 0.3) is 0 Å². The molecule has 0 unspecified atom stereocenters. The molecule has 1 amide bonds. The largest absolute Gasteiger partial charge is 0.449 e. The number of para-hydroxylation sites is 1. The molecule has 0 fully saturated rings. The summed E-state index contributed by atoms with van der Waals surface area (Å²) in [5.41, 5.74) is 0.687. The quantitative estimate of drug-likeness (QED) is 0.890. The normalized spacial score (nSPS) is 11.0. The maximum absolute atomic E-state index is 11.5. The molecule has 88 valence electrons. The first-order valence-corrected chi connectivity index (χ1v) is 5.86. The summed E-state index contributed by atoms with van der Waals surface area (Å²) in [6.07, 6.45) is -0.429. The van der Waals surface area contributed by atoms with Crippen molar-refractivity contribution < 1.29 is 9.53 Å². The third-order valence-corrected chi connectivity index (χ3v) is 2.44. The maximum atomic E-state index is 11.5. The van der Waals surface area contributed by atoms with Gasteiger partial charge in [-0.05, 0) is 33.5 Å². The number of ether oxygens (including phenoxy) is 1. The molecule has 0 saturated heterocycles. The van der Waals surface area contributed by atoms with E-state index in [-0.39, 0.29) is 5.41 Å². The van der Waals surface area contributed by atoms with E-state index >= 15 is 0 Å². The number of hydrogen-bond donors (Lipinski definition) is 1. The third-order valence-electron chi connectivity index (χ3n) is 1.75. The molecule has 1 N–H and O–H groups in total. The van der Waals surface area contributed by atoms with Crippen molar-refractivity contribution in [3.05, 3.63) is 28.7 Å². The SMILES string of the molecule is CC(C)(C)COC(=O)Nc1ccccc1Br. The van der Waals surface area contributed by atoms with E-state index < -0.39 is 6.09 Å². The monoisotopic (exact) mass is 285 g/mol. The number of nitrogens with one attached hydrogen (secondary N) is 1. The summed E-state index contributed by atoms with van der Waals surface area (Å²) in [5, 5.41) is 2.67. The van der Waals surface area contributed by atoms with E-state index in [4.69, 9.17) is 4.74 Å². The van der Waals surface area contributed by atoms with E-state index in [1.54, 1.807) is 0 Å². The van der Waals surface area contributed by atoms with Gasteiger partial charge in [0.05, 0.1) is 12.3 Å². The van der Waals surface area contributed by atoms with Crippen molar-refractivity contribution in [2.45, 2.75) is 20.8 Å². The van der Waals surface area contributed by atoms with Crippen LogP contribution in [0.2, 0.25) is 0 Å². The van der Waals surface area contributed by atoms with E-state index in [0.29, 0.717) is 12.3 Å². The molecule has 0 atom stereocenters. The number of anilines is 1. The van der Waals surface area contributed by atoms with Gasteiger partial charge in [0.2, 0.25) is 0 Å². The summed E-state index contributed by atoms with van der Waals surface area (Å²) in [6, 6.07) is 7.40. The number of amides is 1. The van der Waals surface area contributed by atoms with Gasteiger partial charge in [-0.2, -0.15) is 0 Å². The second kappa shape index (κ2) is 5.34. The highest BCUT2D eigenvalue weighted by atomic mass is 79.9. The standard InChI is InChI=1S/C12H16BrNO2/c1-12(2,3)8-16-11(15)14-10-7-5-4-6-9(10)13/h4-7H,8H2,1-3H3,(H,14,15). The summed E-state index contributed by atoms with van der Waals surface area (Å²) in [6.45, 7) is 6.43. The molecule has 0 aliphatic rings. The topological polar surface area (TPSA) is 38.3 Å². The molecule has 1 aromatic rings. The maximum Gasteiger partial charge on any atom is 0.411 e. The van der Waals surface area contributed by atoms with Crippen molar-refractivity contribution in [2.24, 2.45) is 5.41 Å². The minimum absolute atomic E-state index is 0.0226. The molecule has 3 nitrogen and oxygen atoms in total. The lowest BCUT2D eigenvalue weighted by Gasteiger charge is -2.18. The van der Waals surface area contributed by atoms with Crippen LogP contribution < -0.4 is 5.32 Å². The fourth-order valence-electron chi connectivity index (χ4n) is 0.991. The smallest absolute Gasteiger partial charge is 0.411 e. The van der Waals surface area contributed by atoms with Gasteiger partial charge in [0.25, 0.3) is 0 Å². The van der Waals surface area contributed by atoms with Crippen LogP contribution in [0.5, 0.6) is 0 Å². The average Bonchev–Trinajstić information content (AvgIpc) is 2.18. The Morgan fingerprint density at radius 2 is 2.00 bits per heavy atom. The van der Waals surface area contributed by atoms with Crippen LogP contribution in [0.1, 0.15) is 20.8 Å². The number of benzene rings is 1. The highest BCUT2D eigenvalue weighted by molar-refractivity contribution is 9.10. The molecular weight excluding hydrogens is 270 g/mol. The van der Waals surface area contributed by atoms with Crippen LogP contribution in [0.3, 0.4) is 0 Å². The highest BCUT2D eigenvalue weighted by Gasteiger charge is 2.14. The van der Waals surface area contributed by atoms with Crippen LogP contribution in [-0.2, 0) is 4.74 Å². The minimum Gasteiger partial charge on any atom is -0.449 e. The Morgan fingerprint density at radius 1 is 1.38 bits per heavy atom. The first-order chi connectivity index (χ1) is 7.38. The van der Waals surface area contributed by atoms with Gasteiger partial charge >= 0.3 is 6.09 Å². The molecule has 0 aromatic heterocycles. The van der Waals surface area contributed by atoms with Crippen LogP contribution in [0.4, 0.5) is 10.5 Å². The molecule has 0 spiro atoms. The van der Waals surface area contributed by atoms with Gasteiger partial charge in [0.1, 0.15) is 0 Å². The Kier molecular flexibility index (Phi) is 4.35. The summed E-state index contributed by atoms with van der Waals surface area (Å²) < 4.78 is 5.93. The van der Waals surface area contributed by atoms with Gasteiger partial charge in [-0.15, -0.1) is 0 Å². The number of hydrogen-bond acceptors (Lipinski definition) is 2. The summed E-state index contributed by atoms with van der Waals surface area (Å²) in [7, 11) is 0. The van der Waals surface area contributed by atoms with E-state index in [2.05, 4.69) is 21.2 Å². The minimum atomic E-state index is -0.429. The predicted octanol–water partition coefficient (Wildman–Crippen LogP) is 4.04. The van der Waals surface area contributed by atoms with Gasteiger partial charge in [0, 0.05) is 4.47 Å². The van der Waals surface area contributed by atoms with Gasteiger partial charge in [-0.3, -0.25) is 5.32 Å². The zero-order valence-corrected chi connectivity index (χ0v) is 11.3. The van der Waals surface area contributed by atoms with Crippen LogP contribution in [0.15, 0.2) is 28.7 Å². The van der Waals surface area contributed by atoms with Crippen molar-refractivity contribution >= 4 is 27.7 Å². The van der Waals surface area contributed by atoms with Crippen molar-refractivity contribution in [1.82, 2.24) is 0 Å². The van der Waals surface area contributed by atoms with E-state index in [1.807, 2.05) is 45.0 Å². The van der Waals surface area contributed by atoms with Crippen LogP contribution in [0, 0.1) is 5.41 Å². The molecular formula is C12H16BrNO2. The zero-order chi connectivity index (χ0) is 12.2. The lowest BCUT2D eigenvalue weighted by Crippen LogP contribution is -2.21. The Labute approximate surface area is 104 Å². The van der Waals surface area contributed by atoms with Gasteiger partial charge in [0.15, 0.2) is 0 Å². The molecule has 0 radical (unpaired) electrons. The third kappa shape index (κ3) is 4.66. The van der Waals surface area contributed by atoms with Crippen LogP contribution in [-0.4, -0.2) is 12.7 Å². The molecule has 0 bridgehead atoms. The van der Waals surface area contributed by atoms with Gasteiger partial charge < -0.3 is 4.74 Å². The highest BCUT2D eigenvalue weighted by Crippen LogP contribution is 2.21. The number of carbonyl (C=O) groups is 1. The first-order valence-electron chi connectivity index (χ1n) is 5.07. The van der Waals surface area contributed by atoms with E-state index in [0.717, 1.165) is 4.47 Å². The second-order valence-electron chi connectivity index (χ2n) is 4.74. The lowest BCUT2D eigenvalue weighted by molar-refractivity contribution is 0.118. The first kappa shape index (κ1) is 13.0. The van der Waals surface area contributed by atoms with E-state index in [9.17, 15) is 4.79 Å². The van der Waals surface area contributed by atoms with Crippen molar-refractivity contribution in [3.63, 3.8) is 0 Å². The number of halogens is 1. The Bertz CT molecular complexity index is 372. The molecule has 0 saturated carbocycles. The molecule has 4 heteroatoms. The van der Waals surface area contributed by atoms with E-state index in [1.165, 1.54) is 0 Å². The fraction of sp³-hybridized carbons (Fsp3) is 0.417. The molecule has 0 aliphatic carbocycles. The summed E-state index contributed by atoms with van der Waals surface area (Å²) in [5.74, 6) is 0. The Balaban J connectivity index is 2.50. The van der Waals surface area contributed by atoms with Gasteiger partial charge in [-0.25, -0.2) is 4.79 Å². The van der Waals surface area contributed by atoms with Crippen molar-refractivity contribution in [3.8, 4) is 0 Å². The molecule has 16 heavy (non-hydrogen) atoms. The molecule has 0 heterocycles. The van der Waals surface area contributed by atoms with Crippen molar-refractivity contribution in [2.75, 3.05) is 11.9 Å².